The summed E-state index contributed by atoms with van der Waals surface area (Å²) in [5.41, 5.74) is 0. The van der Waals surface area contributed by atoms with Crippen LogP contribution in [0, 0.1) is 11.6 Å². The van der Waals surface area contributed by atoms with E-state index in [2.05, 4.69) is 4.98 Å². The molecule has 0 saturated heterocycles. The topological polar surface area (TPSA) is 40.6 Å². The average molecular weight is 389 g/mol. The summed E-state index contributed by atoms with van der Waals surface area (Å²) in [4.78, 5) is 3.90. The second kappa shape index (κ2) is 8.65. The molecular weight excluding hydrogens is 371 g/mol. The van der Waals surface area contributed by atoms with E-state index in [9.17, 15) is 13.2 Å². The number of hydrogen-bond donors (Lipinski definition) is 0. The van der Waals surface area contributed by atoms with Gasteiger partial charge >= 0.3 is 0 Å². The smallest absolute Gasteiger partial charge is 0.281 e. The monoisotopic (exact) mass is 389 g/mol. The summed E-state index contributed by atoms with van der Waals surface area (Å²) in [5.74, 6) is -2.48. The van der Waals surface area contributed by atoms with Gasteiger partial charge in [0, 0.05) is 30.8 Å². The summed E-state index contributed by atoms with van der Waals surface area (Å²) in [6.45, 7) is 1.33. The molecule has 0 aliphatic rings. The van der Waals surface area contributed by atoms with E-state index >= 15 is 0 Å². The minimum atomic E-state index is -2.04. The number of pyridine rings is 1. The Morgan fingerprint density at radius 2 is 1.57 bits per heavy atom. The molecule has 4 nitrogen and oxygen atoms in total. The highest BCUT2D eigenvalue weighted by molar-refractivity contribution is 5.36. The van der Waals surface area contributed by atoms with Crippen LogP contribution in [0.5, 0.6) is 23.0 Å². The Bertz CT molecular complexity index is 886. The van der Waals surface area contributed by atoms with Gasteiger partial charge in [-0.2, -0.15) is 4.39 Å². The summed E-state index contributed by atoms with van der Waals surface area (Å²) >= 11 is 0. The third-order valence-electron chi connectivity index (χ3n) is 3.81. The zero-order chi connectivity index (χ0) is 20.0. The number of aromatic nitrogens is 1. The van der Waals surface area contributed by atoms with Gasteiger partial charge in [-0.25, -0.2) is 8.78 Å². The molecule has 0 aliphatic heterocycles. The van der Waals surface area contributed by atoms with E-state index in [0.717, 1.165) is 18.2 Å². The van der Waals surface area contributed by atoms with Crippen molar-refractivity contribution in [3.63, 3.8) is 0 Å². The van der Waals surface area contributed by atoms with E-state index < -0.39 is 17.5 Å². The van der Waals surface area contributed by atoms with Crippen LogP contribution in [0.25, 0.3) is 0 Å². The van der Waals surface area contributed by atoms with Crippen LogP contribution in [0.2, 0.25) is 0 Å². The highest BCUT2D eigenvalue weighted by Gasteiger charge is 2.31. The summed E-state index contributed by atoms with van der Waals surface area (Å²) in [6.07, 6.45) is 3.14. The predicted molar refractivity (Wildman–Crippen MR) is 97.4 cm³/mol. The maximum absolute atomic E-state index is 14.9. The Morgan fingerprint density at radius 3 is 2.18 bits per heavy atom. The Kier molecular flexibility index (Phi) is 6.03. The van der Waals surface area contributed by atoms with Crippen LogP contribution in [0.1, 0.15) is 13.3 Å². The fourth-order valence-electron chi connectivity index (χ4n) is 2.34. The van der Waals surface area contributed by atoms with Crippen molar-refractivity contribution in [2.24, 2.45) is 0 Å². The molecule has 1 unspecified atom stereocenters. The standard InChI is InChI=1S/C21H18F3NO3/c1-2-21(24,14-26-19-4-3-9-25-13-19)28-18-7-5-17(6-8-18)27-20-11-15(22)10-16(23)12-20/h3-13H,2,14H2,1H3. The van der Waals surface area contributed by atoms with Crippen molar-refractivity contribution in [1.29, 1.82) is 0 Å². The predicted octanol–water partition coefficient (Wildman–Crippen LogP) is 5.69. The first-order valence-electron chi connectivity index (χ1n) is 8.60. The zero-order valence-electron chi connectivity index (χ0n) is 15.1. The lowest BCUT2D eigenvalue weighted by Gasteiger charge is -2.25. The molecule has 0 bridgehead atoms. The van der Waals surface area contributed by atoms with Crippen molar-refractivity contribution in [3.05, 3.63) is 78.6 Å². The summed E-state index contributed by atoms with van der Waals surface area (Å²) in [7, 11) is 0. The van der Waals surface area contributed by atoms with Crippen LogP contribution >= 0.6 is 0 Å². The van der Waals surface area contributed by atoms with Gasteiger partial charge in [-0.3, -0.25) is 4.98 Å². The fourth-order valence-corrected chi connectivity index (χ4v) is 2.34. The number of alkyl halides is 1. The Labute approximate surface area is 160 Å². The van der Waals surface area contributed by atoms with Crippen molar-refractivity contribution in [2.75, 3.05) is 6.61 Å². The highest BCUT2D eigenvalue weighted by Crippen LogP contribution is 2.28. The Morgan fingerprint density at radius 1 is 0.893 bits per heavy atom. The highest BCUT2D eigenvalue weighted by atomic mass is 19.2. The first kappa shape index (κ1) is 19.5. The van der Waals surface area contributed by atoms with E-state index in [1.165, 1.54) is 30.5 Å². The molecule has 0 aliphatic carbocycles. The molecule has 1 atom stereocenters. The molecule has 3 rings (SSSR count). The van der Waals surface area contributed by atoms with Crippen molar-refractivity contribution in [3.8, 4) is 23.0 Å². The number of nitrogens with zero attached hydrogens (tertiary/aromatic N) is 1. The molecule has 1 aromatic heterocycles. The molecule has 146 valence electrons. The molecule has 0 amide bonds. The molecule has 0 N–H and O–H groups in total. The van der Waals surface area contributed by atoms with Gasteiger partial charge in [-0.15, -0.1) is 0 Å². The van der Waals surface area contributed by atoms with E-state index in [-0.39, 0.29) is 24.5 Å². The van der Waals surface area contributed by atoms with Gasteiger partial charge in [0.15, 0.2) is 6.61 Å². The van der Waals surface area contributed by atoms with Crippen LogP contribution in [0.4, 0.5) is 13.2 Å². The van der Waals surface area contributed by atoms with Gasteiger partial charge < -0.3 is 14.2 Å². The Hall–Kier alpha value is -3.22. The molecule has 0 spiro atoms. The molecule has 0 radical (unpaired) electrons. The van der Waals surface area contributed by atoms with Gasteiger partial charge in [0.05, 0.1) is 6.20 Å². The number of ether oxygens (including phenoxy) is 3. The molecule has 2 aromatic carbocycles. The molecule has 28 heavy (non-hydrogen) atoms. The molecule has 3 aromatic rings. The zero-order valence-corrected chi connectivity index (χ0v) is 15.1. The number of rotatable bonds is 8. The van der Waals surface area contributed by atoms with Crippen LogP contribution in [0.3, 0.4) is 0 Å². The first-order chi connectivity index (χ1) is 13.5. The second-order valence-electron chi connectivity index (χ2n) is 5.99. The van der Waals surface area contributed by atoms with E-state index in [1.807, 2.05) is 0 Å². The quantitative estimate of drug-likeness (QED) is 0.497. The van der Waals surface area contributed by atoms with Crippen molar-refractivity contribution in [1.82, 2.24) is 4.98 Å². The Balaban J connectivity index is 1.63. The van der Waals surface area contributed by atoms with E-state index in [1.54, 1.807) is 25.3 Å². The molecule has 0 fully saturated rings. The second-order valence-corrected chi connectivity index (χ2v) is 5.99. The van der Waals surface area contributed by atoms with Crippen LogP contribution in [0.15, 0.2) is 67.0 Å². The minimum absolute atomic E-state index is 0.0180. The lowest BCUT2D eigenvalue weighted by molar-refractivity contribution is -0.0954. The third kappa shape index (κ3) is 5.39. The maximum Gasteiger partial charge on any atom is 0.281 e. The van der Waals surface area contributed by atoms with Gasteiger partial charge in [-0.05, 0) is 36.4 Å². The van der Waals surface area contributed by atoms with E-state index in [4.69, 9.17) is 14.2 Å². The van der Waals surface area contributed by atoms with Gasteiger partial charge in [0.25, 0.3) is 5.85 Å². The fraction of sp³-hybridized carbons (Fsp3) is 0.190. The molecule has 1 heterocycles. The van der Waals surface area contributed by atoms with Gasteiger partial charge in [-0.1, -0.05) is 6.92 Å². The SMILES string of the molecule is CCC(F)(COc1cccnc1)Oc1ccc(Oc2cc(F)cc(F)c2)cc1. The number of hydrogen-bond acceptors (Lipinski definition) is 4. The van der Waals surface area contributed by atoms with Gasteiger partial charge in [0.1, 0.15) is 34.6 Å². The normalized spacial score (nSPS) is 12.9. The maximum atomic E-state index is 14.9. The lowest BCUT2D eigenvalue weighted by atomic mass is 10.2. The molecular formula is C21H18F3NO3. The number of halogens is 3. The van der Waals surface area contributed by atoms with Crippen LogP contribution in [-0.2, 0) is 0 Å². The number of benzene rings is 2. The summed E-state index contributed by atoms with van der Waals surface area (Å²) in [6, 6.07) is 12.3. The molecule has 7 heteroatoms. The summed E-state index contributed by atoms with van der Waals surface area (Å²) in [5, 5.41) is 0. The van der Waals surface area contributed by atoms with Crippen molar-refractivity contribution < 1.29 is 27.4 Å². The van der Waals surface area contributed by atoms with Crippen LogP contribution in [-0.4, -0.2) is 17.4 Å². The summed E-state index contributed by atoms with van der Waals surface area (Å²) < 4.78 is 57.6. The van der Waals surface area contributed by atoms with Crippen molar-refractivity contribution >= 4 is 0 Å². The van der Waals surface area contributed by atoms with Crippen molar-refractivity contribution in [2.45, 2.75) is 19.2 Å². The minimum Gasteiger partial charge on any atom is -0.485 e. The van der Waals surface area contributed by atoms with Crippen LogP contribution < -0.4 is 14.2 Å². The lowest BCUT2D eigenvalue weighted by Crippen LogP contribution is -2.36. The first-order valence-corrected chi connectivity index (χ1v) is 8.60. The molecule has 0 saturated carbocycles. The van der Waals surface area contributed by atoms with Gasteiger partial charge in [0.2, 0.25) is 0 Å². The largest absolute Gasteiger partial charge is 0.485 e. The average Bonchev–Trinajstić information content (AvgIpc) is 2.68. The van der Waals surface area contributed by atoms with E-state index in [0.29, 0.717) is 11.5 Å². The third-order valence-corrected chi connectivity index (χ3v) is 3.81.